The van der Waals surface area contributed by atoms with Gasteiger partial charge >= 0.3 is 0 Å². The number of aromatic nitrogens is 4. The van der Waals surface area contributed by atoms with Gasteiger partial charge in [0.15, 0.2) is 11.5 Å². The van der Waals surface area contributed by atoms with Gasteiger partial charge in [0.2, 0.25) is 18.5 Å². The van der Waals surface area contributed by atoms with E-state index in [1.54, 1.807) is 6.20 Å². The standard InChI is InChI=1S/C16H15N5O3/c1-4-17-21(5-1)12-7-20(8-12)9-15-18-16(19-24-15)11-2-3-13-14(6-11)23-10-22-13/h1-6,12H,7-10H2. The number of hydrogen-bond acceptors (Lipinski definition) is 7. The highest BCUT2D eigenvalue weighted by Crippen LogP contribution is 2.35. The van der Waals surface area contributed by atoms with E-state index in [2.05, 4.69) is 20.1 Å². The minimum absolute atomic E-state index is 0.253. The molecule has 122 valence electrons. The lowest BCUT2D eigenvalue weighted by Crippen LogP contribution is -2.47. The summed E-state index contributed by atoms with van der Waals surface area (Å²) < 4.78 is 18.1. The van der Waals surface area contributed by atoms with Crippen molar-refractivity contribution in [2.24, 2.45) is 0 Å². The smallest absolute Gasteiger partial charge is 0.241 e. The summed E-state index contributed by atoms with van der Waals surface area (Å²) in [6.45, 7) is 2.77. The van der Waals surface area contributed by atoms with Crippen molar-refractivity contribution in [3.8, 4) is 22.9 Å². The average Bonchev–Trinajstić information content (AvgIpc) is 3.29. The molecule has 3 aromatic rings. The fourth-order valence-corrected chi connectivity index (χ4v) is 3.00. The molecule has 5 rings (SSSR count). The van der Waals surface area contributed by atoms with Crippen LogP contribution in [0.2, 0.25) is 0 Å². The Morgan fingerprint density at radius 3 is 2.96 bits per heavy atom. The lowest BCUT2D eigenvalue weighted by atomic mass is 10.1. The summed E-state index contributed by atoms with van der Waals surface area (Å²) in [5.41, 5.74) is 0.854. The van der Waals surface area contributed by atoms with Gasteiger partial charge in [0.1, 0.15) is 0 Å². The lowest BCUT2D eigenvalue weighted by Gasteiger charge is -2.38. The summed E-state index contributed by atoms with van der Waals surface area (Å²) >= 11 is 0. The molecule has 0 N–H and O–H groups in total. The van der Waals surface area contributed by atoms with E-state index < -0.39 is 0 Å². The highest BCUT2D eigenvalue weighted by atomic mass is 16.7. The number of ether oxygens (including phenoxy) is 2. The number of fused-ring (bicyclic) bond motifs is 1. The SMILES string of the molecule is c1cnn(C2CN(Cc3nc(-c4ccc5c(c4)OCO5)no3)C2)c1. The van der Waals surface area contributed by atoms with Gasteiger partial charge in [0.25, 0.3) is 0 Å². The predicted octanol–water partition coefficient (Wildman–Crippen LogP) is 1.72. The zero-order valence-electron chi connectivity index (χ0n) is 12.8. The molecule has 0 amide bonds. The number of rotatable bonds is 4. The van der Waals surface area contributed by atoms with Gasteiger partial charge in [-0.05, 0) is 24.3 Å². The van der Waals surface area contributed by atoms with Crippen LogP contribution in [0.5, 0.6) is 11.5 Å². The number of nitrogens with zero attached hydrogens (tertiary/aromatic N) is 5. The molecule has 0 aliphatic carbocycles. The minimum atomic E-state index is 0.253. The highest BCUT2D eigenvalue weighted by Gasteiger charge is 2.29. The predicted molar refractivity (Wildman–Crippen MR) is 82.4 cm³/mol. The molecule has 1 aromatic carbocycles. The Hall–Kier alpha value is -2.87. The summed E-state index contributed by atoms with van der Waals surface area (Å²) in [5, 5.41) is 8.33. The molecule has 1 fully saturated rings. The van der Waals surface area contributed by atoms with E-state index in [1.165, 1.54) is 0 Å². The fraction of sp³-hybridized carbons (Fsp3) is 0.312. The van der Waals surface area contributed by atoms with Crippen LogP contribution < -0.4 is 9.47 Å². The Morgan fingerprint density at radius 2 is 2.08 bits per heavy atom. The first kappa shape index (κ1) is 13.6. The van der Waals surface area contributed by atoms with Gasteiger partial charge in [-0.25, -0.2) is 0 Å². The molecule has 0 bridgehead atoms. The summed E-state index contributed by atoms with van der Waals surface area (Å²) in [7, 11) is 0. The molecule has 0 radical (unpaired) electrons. The molecule has 8 nitrogen and oxygen atoms in total. The summed E-state index contributed by atoms with van der Waals surface area (Å²) in [4.78, 5) is 6.73. The Balaban J connectivity index is 1.25. The van der Waals surface area contributed by atoms with Gasteiger partial charge in [0, 0.05) is 31.0 Å². The molecular formula is C16H15N5O3. The van der Waals surface area contributed by atoms with E-state index in [0.717, 1.165) is 24.4 Å². The molecule has 2 aliphatic heterocycles. The second-order valence-electron chi connectivity index (χ2n) is 5.91. The lowest BCUT2D eigenvalue weighted by molar-refractivity contribution is 0.0791. The maximum absolute atomic E-state index is 5.38. The first-order chi connectivity index (χ1) is 11.8. The second-order valence-corrected chi connectivity index (χ2v) is 5.91. The van der Waals surface area contributed by atoms with Crippen LogP contribution >= 0.6 is 0 Å². The molecule has 2 aromatic heterocycles. The van der Waals surface area contributed by atoms with Crippen LogP contribution in [0.4, 0.5) is 0 Å². The van der Waals surface area contributed by atoms with Crippen LogP contribution in [0, 0.1) is 0 Å². The molecule has 0 spiro atoms. The van der Waals surface area contributed by atoms with Crippen LogP contribution in [-0.4, -0.2) is 44.7 Å². The van der Waals surface area contributed by atoms with Gasteiger partial charge in [-0.2, -0.15) is 10.1 Å². The fourth-order valence-electron chi connectivity index (χ4n) is 3.00. The van der Waals surface area contributed by atoms with Crippen molar-refractivity contribution in [3.05, 3.63) is 42.5 Å². The van der Waals surface area contributed by atoms with Gasteiger partial charge in [-0.15, -0.1) is 0 Å². The minimum Gasteiger partial charge on any atom is -0.454 e. The van der Waals surface area contributed by atoms with E-state index >= 15 is 0 Å². The molecule has 0 unspecified atom stereocenters. The monoisotopic (exact) mass is 325 g/mol. The number of likely N-dealkylation sites (tertiary alicyclic amines) is 1. The van der Waals surface area contributed by atoms with Crippen molar-refractivity contribution in [1.29, 1.82) is 0 Å². The van der Waals surface area contributed by atoms with Crippen molar-refractivity contribution in [2.45, 2.75) is 12.6 Å². The van der Waals surface area contributed by atoms with Crippen LogP contribution in [0.3, 0.4) is 0 Å². The van der Waals surface area contributed by atoms with Gasteiger partial charge in [0.05, 0.1) is 12.6 Å². The summed E-state index contributed by atoms with van der Waals surface area (Å²) in [5.74, 6) is 2.63. The molecule has 4 heterocycles. The van der Waals surface area contributed by atoms with Crippen LogP contribution in [0.15, 0.2) is 41.2 Å². The zero-order chi connectivity index (χ0) is 15.9. The van der Waals surface area contributed by atoms with Gasteiger partial charge in [-0.1, -0.05) is 5.16 Å². The third-order valence-corrected chi connectivity index (χ3v) is 4.29. The molecular weight excluding hydrogens is 310 g/mol. The molecule has 2 aliphatic rings. The van der Waals surface area contributed by atoms with Gasteiger partial charge < -0.3 is 14.0 Å². The second kappa shape index (κ2) is 5.34. The van der Waals surface area contributed by atoms with Crippen molar-refractivity contribution in [1.82, 2.24) is 24.8 Å². The molecule has 0 atom stereocenters. The van der Waals surface area contributed by atoms with E-state index in [4.69, 9.17) is 14.0 Å². The topological polar surface area (TPSA) is 78.4 Å². The van der Waals surface area contributed by atoms with Crippen LogP contribution in [0.25, 0.3) is 11.4 Å². The van der Waals surface area contributed by atoms with E-state index in [0.29, 0.717) is 30.1 Å². The molecule has 1 saturated heterocycles. The average molecular weight is 325 g/mol. The summed E-state index contributed by atoms with van der Waals surface area (Å²) in [6, 6.07) is 8.00. The Bertz CT molecular complexity index is 854. The maximum Gasteiger partial charge on any atom is 0.241 e. The van der Waals surface area contributed by atoms with Crippen LogP contribution in [0.1, 0.15) is 11.9 Å². The van der Waals surface area contributed by atoms with Crippen LogP contribution in [-0.2, 0) is 6.54 Å². The van der Waals surface area contributed by atoms with Crippen molar-refractivity contribution in [3.63, 3.8) is 0 Å². The molecule has 24 heavy (non-hydrogen) atoms. The van der Waals surface area contributed by atoms with E-state index in [1.807, 2.05) is 35.1 Å². The van der Waals surface area contributed by atoms with Crippen molar-refractivity contribution in [2.75, 3.05) is 19.9 Å². The largest absolute Gasteiger partial charge is 0.454 e. The first-order valence-electron chi connectivity index (χ1n) is 7.79. The molecule has 8 heteroatoms. The summed E-state index contributed by atoms with van der Waals surface area (Å²) in [6.07, 6.45) is 3.80. The van der Waals surface area contributed by atoms with Gasteiger partial charge in [-0.3, -0.25) is 9.58 Å². The Kier molecular flexibility index (Phi) is 3.02. The Labute approximate surface area is 137 Å². The zero-order valence-corrected chi connectivity index (χ0v) is 12.8. The molecule has 0 saturated carbocycles. The number of hydrogen-bond donors (Lipinski definition) is 0. The third kappa shape index (κ3) is 2.31. The third-order valence-electron chi connectivity index (χ3n) is 4.29. The Morgan fingerprint density at radius 1 is 1.17 bits per heavy atom. The highest BCUT2D eigenvalue weighted by molar-refractivity contribution is 5.61. The normalized spacial score (nSPS) is 17.2. The van der Waals surface area contributed by atoms with E-state index in [-0.39, 0.29) is 6.79 Å². The van der Waals surface area contributed by atoms with Crippen molar-refractivity contribution >= 4 is 0 Å². The van der Waals surface area contributed by atoms with E-state index in [9.17, 15) is 0 Å². The maximum atomic E-state index is 5.38. The quantitative estimate of drug-likeness (QED) is 0.722. The number of benzene rings is 1. The van der Waals surface area contributed by atoms with Crippen molar-refractivity contribution < 1.29 is 14.0 Å². The first-order valence-corrected chi connectivity index (χ1v) is 7.79.